The smallest absolute Gasteiger partial charge is 0.254 e. The Hall–Kier alpha value is -3.99. The van der Waals surface area contributed by atoms with Crippen LogP contribution in [-0.4, -0.2) is 17.6 Å². The molecular formula is C29H25ClN4O2S. The van der Waals surface area contributed by atoms with Gasteiger partial charge in [-0.3, -0.25) is 9.59 Å². The van der Waals surface area contributed by atoms with E-state index in [1.807, 2.05) is 61.5 Å². The van der Waals surface area contributed by atoms with E-state index in [-0.39, 0.29) is 17.6 Å². The SMILES string of the molecule is CC1=C(C(=O)Nc2ccccc2)[C@H](c2ccccc2Cl)C(C#N)=C(SCC(=O)Nc2cccc(C)c2)N1. The van der Waals surface area contributed by atoms with Gasteiger partial charge >= 0.3 is 0 Å². The second-order valence-corrected chi connectivity index (χ2v) is 9.89. The van der Waals surface area contributed by atoms with Crippen molar-refractivity contribution in [3.63, 3.8) is 0 Å². The molecule has 0 saturated carbocycles. The summed E-state index contributed by atoms with van der Waals surface area (Å²) in [7, 11) is 0. The Bertz CT molecular complexity index is 1440. The lowest BCUT2D eigenvalue weighted by atomic mass is 9.82. The molecule has 0 fully saturated rings. The number of halogens is 1. The molecule has 0 saturated heterocycles. The quantitative estimate of drug-likeness (QED) is 0.332. The number of dihydropyridines is 1. The number of thioether (sulfide) groups is 1. The van der Waals surface area contributed by atoms with Crippen molar-refractivity contribution in [1.29, 1.82) is 5.26 Å². The molecule has 186 valence electrons. The molecule has 1 atom stereocenters. The van der Waals surface area contributed by atoms with E-state index in [0.29, 0.717) is 43.8 Å². The zero-order valence-electron chi connectivity index (χ0n) is 20.3. The van der Waals surface area contributed by atoms with E-state index in [4.69, 9.17) is 11.6 Å². The highest BCUT2D eigenvalue weighted by Gasteiger charge is 2.35. The number of rotatable bonds is 7. The molecule has 3 N–H and O–H groups in total. The van der Waals surface area contributed by atoms with Gasteiger partial charge in [0.25, 0.3) is 5.91 Å². The highest BCUT2D eigenvalue weighted by molar-refractivity contribution is 8.03. The van der Waals surface area contributed by atoms with Crippen LogP contribution in [0, 0.1) is 18.3 Å². The van der Waals surface area contributed by atoms with E-state index in [1.165, 1.54) is 11.8 Å². The fourth-order valence-corrected chi connectivity index (χ4v) is 5.26. The molecular weight excluding hydrogens is 504 g/mol. The van der Waals surface area contributed by atoms with Crippen LogP contribution in [0.15, 0.2) is 101 Å². The zero-order chi connectivity index (χ0) is 26.4. The monoisotopic (exact) mass is 528 g/mol. The Morgan fingerprint density at radius 3 is 2.38 bits per heavy atom. The van der Waals surface area contributed by atoms with Gasteiger partial charge in [0.15, 0.2) is 0 Å². The molecule has 0 radical (unpaired) electrons. The number of amides is 2. The average molecular weight is 529 g/mol. The summed E-state index contributed by atoms with van der Waals surface area (Å²) in [6, 6.07) is 26.1. The van der Waals surface area contributed by atoms with E-state index >= 15 is 0 Å². The largest absolute Gasteiger partial charge is 0.353 e. The van der Waals surface area contributed by atoms with Gasteiger partial charge < -0.3 is 16.0 Å². The number of benzene rings is 3. The summed E-state index contributed by atoms with van der Waals surface area (Å²) in [6.07, 6.45) is 0. The molecule has 0 bridgehead atoms. The number of para-hydroxylation sites is 1. The van der Waals surface area contributed by atoms with Crippen LogP contribution in [0.25, 0.3) is 0 Å². The third-order valence-corrected chi connectivity index (χ3v) is 7.15. The van der Waals surface area contributed by atoms with Crippen molar-refractivity contribution in [1.82, 2.24) is 5.32 Å². The van der Waals surface area contributed by atoms with Crippen LogP contribution >= 0.6 is 23.4 Å². The molecule has 2 amide bonds. The minimum absolute atomic E-state index is 0.0789. The fraction of sp³-hybridized carbons (Fsp3) is 0.138. The maximum Gasteiger partial charge on any atom is 0.254 e. The van der Waals surface area contributed by atoms with Gasteiger partial charge in [-0.05, 0) is 55.3 Å². The first-order chi connectivity index (χ1) is 17.9. The molecule has 6 nitrogen and oxygen atoms in total. The number of nitrogens with zero attached hydrogens (tertiary/aromatic N) is 1. The predicted molar refractivity (Wildman–Crippen MR) is 150 cm³/mol. The second kappa shape index (κ2) is 11.8. The van der Waals surface area contributed by atoms with Crippen molar-refractivity contribution in [2.45, 2.75) is 19.8 Å². The number of nitrogens with one attached hydrogen (secondary N) is 3. The van der Waals surface area contributed by atoms with Crippen LogP contribution in [0.3, 0.4) is 0 Å². The summed E-state index contributed by atoms with van der Waals surface area (Å²) < 4.78 is 0. The Morgan fingerprint density at radius 1 is 0.973 bits per heavy atom. The summed E-state index contributed by atoms with van der Waals surface area (Å²) in [5.74, 6) is -1.16. The van der Waals surface area contributed by atoms with Crippen LogP contribution in [0.2, 0.25) is 5.02 Å². The second-order valence-electron chi connectivity index (χ2n) is 8.50. The molecule has 1 aliphatic rings. The topological polar surface area (TPSA) is 94.0 Å². The summed E-state index contributed by atoms with van der Waals surface area (Å²) in [6.45, 7) is 3.74. The van der Waals surface area contributed by atoms with E-state index in [2.05, 4.69) is 22.0 Å². The minimum Gasteiger partial charge on any atom is -0.353 e. The number of aryl methyl sites for hydroxylation is 1. The van der Waals surface area contributed by atoms with Gasteiger partial charge in [0.2, 0.25) is 5.91 Å². The minimum atomic E-state index is -0.703. The van der Waals surface area contributed by atoms with Crippen LogP contribution < -0.4 is 16.0 Å². The first kappa shape index (κ1) is 26.1. The number of hydrogen-bond acceptors (Lipinski definition) is 5. The highest BCUT2D eigenvalue weighted by Crippen LogP contribution is 2.43. The van der Waals surface area contributed by atoms with Gasteiger partial charge in [-0.1, -0.05) is 71.9 Å². The number of allylic oxidation sites excluding steroid dienone is 2. The maximum atomic E-state index is 13.5. The number of anilines is 2. The standard InChI is InChI=1S/C29H25ClN4O2S/c1-18-9-8-12-21(15-18)33-25(35)17-37-29-23(16-31)27(22-13-6-7-14-24(22)30)26(19(2)32-29)28(36)34-20-10-4-3-5-11-20/h3-15,27,32H,17H2,1-2H3,(H,33,35)(H,34,36)/t27-/m1/s1. The Balaban J connectivity index is 1.64. The molecule has 37 heavy (non-hydrogen) atoms. The van der Waals surface area contributed by atoms with Crippen molar-refractivity contribution in [3.05, 3.63) is 117 Å². The van der Waals surface area contributed by atoms with E-state index in [1.54, 1.807) is 31.2 Å². The molecule has 3 aromatic rings. The van der Waals surface area contributed by atoms with Crippen LogP contribution in [0.4, 0.5) is 11.4 Å². The first-order valence-electron chi connectivity index (χ1n) is 11.6. The molecule has 0 aliphatic carbocycles. The lowest BCUT2D eigenvalue weighted by Gasteiger charge is -2.30. The summed E-state index contributed by atoms with van der Waals surface area (Å²) in [5.41, 5.74) is 4.33. The fourth-order valence-electron chi connectivity index (χ4n) is 4.13. The Labute approximate surface area is 225 Å². The molecule has 1 aliphatic heterocycles. The number of carbonyl (C=O) groups is 2. The average Bonchev–Trinajstić information content (AvgIpc) is 2.88. The van der Waals surface area contributed by atoms with Crippen LogP contribution in [0.1, 0.15) is 24.0 Å². The van der Waals surface area contributed by atoms with Crippen LogP contribution in [0.5, 0.6) is 0 Å². The normalized spacial score (nSPS) is 15.0. The van der Waals surface area contributed by atoms with Gasteiger partial charge in [-0.2, -0.15) is 5.26 Å². The molecule has 8 heteroatoms. The van der Waals surface area contributed by atoms with Gasteiger partial charge in [0.1, 0.15) is 0 Å². The van der Waals surface area contributed by atoms with Crippen molar-refractivity contribution in [3.8, 4) is 6.07 Å². The van der Waals surface area contributed by atoms with Gasteiger partial charge in [-0.25, -0.2) is 0 Å². The summed E-state index contributed by atoms with van der Waals surface area (Å²) in [5, 5.41) is 20.2. The van der Waals surface area contributed by atoms with Crippen molar-refractivity contribution >= 4 is 46.6 Å². The molecule has 1 heterocycles. The third-order valence-electron chi connectivity index (χ3n) is 5.79. The van der Waals surface area contributed by atoms with Gasteiger partial charge in [0, 0.05) is 27.7 Å². The van der Waals surface area contributed by atoms with Crippen molar-refractivity contribution < 1.29 is 9.59 Å². The number of hydrogen-bond donors (Lipinski definition) is 3. The van der Waals surface area contributed by atoms with E-state index in [9.17, 15) is 14.9 Å². The first-order valence-corrected chi connectivity index (χ1v) is 13.0. The highest BCUT2D eigenvalue weighted by atomic mass is 35.5. The molecule has 0 aromatic heterocycles. The lowest BCUT2D eigenvalue weighted by molar-refractivity contribution is -0.114. The van der Waals surface area contributed by atoms with Crippen LogP contribution in [-0.2, 0) is 9.59 Å². The lowest BCUT2D eigenvalue weighted by Crippen LogP contribution is -2.31. The summed E-state index contributed by atoms with van der Waals surface area (Å²) >= 11 is 7.77. The summed E-state index contributed by atoms with van der Waals surface area (Å²) in [4.78, 5) is 26.1. The van der Waals surface area contributed by atoms with E-state index < -0.39 is 5.92 Å². The number of carbonyl (C=O) groups excluding carboxylic acids is 2. The molecule has 0 spiro atoms. The molecule has 4 rings (SSSR count). The number of nitriles is 1. The predicted octanol–water partition coefficient (Wildman–Crippen LogP) is 6.36. The zero-order valence-corrected chi connectivity index (χ0v) is 21.9. The Kier molecular flexibility index (Phi) is 8.34. The molecule has 3 aromatic carbocycles. The maximum absolute atomic E-state index is 13.5. The van der Waals surface area contributed by atoms with Crippen molar-refractivity contribution in [2.24, 2.45) is 0 Å². The van der Waals surface area contributed by atoms with Crippen molar-refractivity contribution in [2.75, 3.05) is 16.4 Å². The van der Waals surface area contributed by atoms with Gasteiger partial charge in [-0.15, -0.1) is 0 Å². The van der Waals surface area contributed by atoms with E-state index in [0.717, 1.165) is 5.56 Å². The molecule has 0 unspecified atom stereocenters. The Morgan fingerprint density at radius 2 is 1.68 bits per heavy atom. The third kappa shape index (κ3) is 6.23. The van der Waals surface area contributed by atoms with Gasteiger partial charge in [0.05, 0.1) is 28.3 Å².